The Hall–Kier alpha value is -1.82. The minimum atomic E-state index is -4.39. The molecule has 0 fully saturated rings. The van der Waals surface area contributed by atoms with Crippen molar-refractivity contribution in [1.82, 2.24) is 5.32 Å². The van der Waals surface area contributed by atoms with Gasteiger partial charge >= 0.3 is 6.18 Å². The van der Waals surface area contributed by atoms with E-state index in [1.807, 2.05) is 0 Å². The summed E-state index contributed by atoms with van der Waals surface area (Å²) < 4.78 is 36.9. The van der Waals surface area contributed by atoms with E-state index in [-0.39, 0.29) is 5.57 Å². The number of aliphatic hydroxyl groups is 1. The summed E-state index contributed by atoms with van der Waals surface area (Å²) in [6.45, 7) is 0. The predicted octanol–water partition coefficient (Wildman–Crippen LogP) is 1.54. The van der Waals surface area contributed by atoms with Crippen LogP contribution < -0.4 is 5.32 Å². The number of halogens is 3. The summed E-state index contributed by atoms with van der Waals surface area (Å²) in [5.74, 6) is -0.465. The molecule has 0 aromatic heterocycles. The van der Waals surface area contributed by atoms with Crippen molar-refractivity contribution in [2.45, 2.75) is 12.4 Å². The Balaban J connectivity index is 2.31. The summed E-state index contributed by atoms with van der Waals surface area (Å²) in [4.78, 5) is 10.9. The van der Waals surface area contributed by atoms with Crippen LogP contribution in [0.15, 0.2) is 30.3 Å². The Bertz CT molecular complexity index is 476. The van der Waals surface area contributed by atoms with E-state index in [1.165, 1.54) is 12.1 Å². The van der Waals surface area contributed by atoms with Gasteiger partial charge < -0.3 is 10.4 Å². The lowest BCUT2D eigenvalue weighted by atomic mass is 10.0. The van der Waals surface area contributed by atoms with Crippen molar-refractivity contribution in [2.75, 3.05) is 0 Å². The lowest BCUT2D eigenvalue weighted by Crippen LogP contribution is -2.27. The number of carbonyl (C=O) groups is 1. The van der Waals surface area contributed by atoms with Crippen LogP contribution in [0, 0.1) is 0 Å². The highest BCUT2D eigenvalue weighted by Gasteiger charge is 2.30. The van der Waals surface area contributed by atoms with E-state index in [0.29, 0.717) is 5.56 Å². The molecule has 1 aliphatic heterocycles. The molecule has 1 aromatic carbocycles. The number of alkyl halides is 3. The number of rotatable bonds is 1. The molecule has 1 unspecified atom stereocenters. The first-order chi connectivity index (χ1) is 7.88. The minimum absolute atomic E-state index is 0.267. The summed E-state index contributed by atoms with van der Waals surface area (Å²) >= 11 is 0. The number of aliphatic hydroxyl groups excluding tert-OH is 1. The van der Waals surface area contributed by atoms with Gasteiger partial charge in [0.05, 0.1) is 5.56 Å². The third kappa shape index (κ3) is 2.31. The summed E-state index contributed by atoms with van der Waals surface area (Å²) in [6.07, 6.45) is -4.40. The first-order valence-corrected chi connectivity index (χ1v) is 4.76. The predicted molar refractivity (Wildman–Crippen MR) is 53.6 cm³/mol. The second-order valence-corrected chi connectivity index (χ2v) is 3.59. The van der Waals surface area contributed by atoms with Crippen LogP contribution in [-0.4, -0.2) is 17.2 Å². The first kappa shape index (κ1) is 11.7. The van der Waals surface area contributed by atoms with Gasteiger partial charge in [-0.1, -0.05) is 12.1 Å². The van der Waals surface area contributed by atoms with Crippen LogP contribution in [0.1, 0.15) is 11.1 Å². The Labute approximate surface area is 94.6 Å². The first-order valence-electron chi connectivity index (χ1n) is 4.76. The molecule has 6 heteroatoms. The van der Waals surface area contributed by atoms with Gasteiger partial charge in [-0.15, -0.1) is 0 Å². The second kappa shape index (κ2) is 3.89. The number of carbonyl (C=O) groups excluding carboxylic acids is 1. The minimum Gasteiger partial charge on any atom is -0.369 e. The molecule has 90 valence electrons. The quantitative estimate of drug-likeness (QED) is 0.786. The lowest BCUT2D eigenvalue weighted by molar-refractivity contribution is -0.137. The number of hydrogen-bond acceptors (Lipinski definition) is 2. The van der Waals surface area contributed by atoms with Crippen molar-refractivity contribution in [1.29, 1.82) is 0 Å². The molecule has 1 amide bonds. The number of nitrogens with one attached hydrogen (secondary N) is 1. The van der Waals surface area contributed by atoms with E-state index >= 15 is 0 Å². The highest BCUT2D eigenvalue weighted by Crippen LogP contribution is 2.30. The second-order valence-electron chi connectivity index (χ2n) is 3.59. The van der Waals surface area contributed by atoms with Gasteiger partial charge in [0.1, 0.15) is 0 Å². The van der Waals surface area contributed by atoms with Gasteiger partial charge in [-0.25, -0.2) is 0 Å². The number of amides is 1. The zero-order valence-electron chi connectivity index (χ0n) is 8.45. The SMILES string of the molecule is O=C1C=C(c2ccc(C(F)(F)F)cc2)C(O)N1. The molecular formula is C11H8F3NO2. The Morgan fingerprint density at radius 1 is 1.18 bits per heavy atom. The van der Waals surface area contributed by atoms with Crippen LogP contribution in [0.5, 0.6) is 0 Å². The molecule has 0 radical (unpaired) electrons. The fourth-order valence-electron chi connectivity index (χ4n) is 1.57. The fourth-order valence-corrected chi connectivity index (χ4v) is 1.57. The van der Waals surface area contributed by atoms with E-state index in [2.05, 4.69) is 5.32 Å². The van der Waals surface area contributed by atoms with Gasteiger partial charge in [-0.2, -0.15) is 13.2 Å². The molecule has 1 aliphatic rings. The average Bonchev–Trinajstić information content (AvgIpc) is 2.57. The highest BCUT2D eigenvalue weighted by atomic mass is 19.4. The van der Waals surface area contributed by atoms with Gasteiger partial charge in [0.2, 0.25) is 5.91 Å². The summed E-state index contributed by atoms with van der Waals surface area (Å²) in [5.41, 5.74) is -0.124. The van der Waals surface area contributed by atoms with Crippen molar-refractivity contribution >= 4 is 11.5 Å². The zero-order valence-corrected chi connectivity index (χ0v) is 8.45. The molecule has 0 spiro atoms. The summed E-state index contributed by atoms with van der Waals surface area (Å²) in [5, 5.41) is 11.6. The Morgan fingerprint density at radius 3 is 2.18 bits per heavy atom. The van der Waals surface area contributed by atoms with Crippen LogP contribution in [0.25, 0.3) is 5.57 Å². The van der Waals surface area contributed by atoms with Gasteiger partial charge in [-0.05, 0) is 17.7 Å². The molecule has 17 heavy (non-hydrogen) atoms. The molecular weight excluding hydrogens is 235 g/mol. The number of benzene rings is 1. The topological polar surface area (TPSA) is 49.3 Å². The van der Waals surface area contributed by atoms with E-state index in [9.17, 15) is 23.1 Å². The smallest absolute Gasteiger partial charge is 0.369 e. The maximum absolute atomic E-state index is 12.3. The normalized spacial score (nSPS) is 20.1. The summed E-state index contributed by atoms with van der Waals surface area (Å²) in [6, 6.07) is 4.26. The maximum atomic E-state index is 12.3. The molecule has 0 saturated carbocycles. The van der Waals surface area contributed by atoms with E-state index in [4.69, 9.17) is 0 Å². The van der Waals surface area contributed by atoms with Gasteiger partial charge in [0, 0.05) is 11.6 Å². The Kier molecular flexibility index (Phi) is 2.66. The third-order valence-electron chi connectivity index (χ3n) is 2.41. The molecule has 2 N–H and O–H groups in total. The van der Waals surface area contributed by atoms with Crippen molar-refractivity contribution < 1.29 is 23.1 Å². The molecule has 1 atom stereocenters. The van der Waals surface area contributed by atoms with E-state index in [0.717, 1.165) is 18.2 Å². The van der Waals surface area contributed by atoms with Crippen molar-refractivity contribution in [3.8, 4) is 0 Å². The molecule has 3 nitrogen and oxygen atoms in total. The van der Waals surface area contributed by atoms with Crippen molar-refractivity contribution in [2.24, 2.45) is 0 Å². The largest absolute Gasteiger partial charge is 0.416 e. The van der Waals surface area contributed by atoms with Crippen molar-refractivity contribution in [3.05, 3.63) is 41.5 Å². The number of hydrogen-bond donors (Lipinski definition) is 2. The van der Waals surface area contributed by atoms with E-state index < -0.39 is 23.9 Å². The molecule has 0 aliphatic carbocycles. The van der Waals surface area contributed by atoms with Gasteiger partial charge in [0.25, 0.3) is 0 Å². The van der Waals surface area contributed by atoms with Crippen LogP contribution in [0.3, 0.4) is 0 Å². The monoisotopic (exact) mass is 243 g/mol. The fraction of sp³-hybridized carbons (Fsp3) is 0.182. The van der Waals surface area contributed by atoms with Crippen molar-refractivity contribution in [3.63, 3.8) is 0 Å². The maximum Gasteiger partial charge on any atom is 0.416 e. The lowest BCUT2D eigenvalue weighted by Gasteiger charge is -2.10. The molecule has 2 rings (SSSR count). The molecule has 0 saturated heterocycles. The van der Waals surface area contributed by atoms with Crippen LogP contribution >= 0.6 is 0 Å². The van der Waals surface area contributed by atoms with Crippen LogP contribution in [0.2, 0.25) is 0 Å². The molecule has 1 aromatic rings. The van der Waals surface area contributed by atoms with Gasteiger partial charge in [0.15, 0.2) is 6.23 Å². The Morgan fingerprint density at radius 2 is 1.76 bits per heavy atom. The van der Waals surface area contributed by atoms with Crippen LogP contribution in [0.4, 0.5) is 13.2 Å². The van der Waals surface area contributed by atoms with E-state index in [1.54, 1.807) is 0 Å². The molecule has 1 heterocycles. The average molecular weight is 243 g/mol. The standard InChI is InChI=1S/C11H8F3NO2/c12-11(13,14)7-3-1-6(2-4-7)8-5-9(16)15-10(8)17/h1-5,10,17H,(H,15,16). The third-order valence-corrected chi connectivity index (χ3v) is 2.41. The zero-order chi connectivity index (χ0) is 12.6. The highest BCUT2D eigenvalue weighted by molar-refractivity contribution is 6.01. The molecule has 0 bridgehead atoms. The van der Waals surface area contributed by atoms with Crippen LogP contribution in [-0.2, 0) is 11.0 Å². The van der Waals surface area contributed by atoms with Gasteiger partial charge in [-0.3, -0.25) is 4.79 Å². The summed E-state index contributed by atoms with van der Waals surface area (Å²) in [7, 11) is 0.